The average Bonchev–Trinajstić information content (AvgIpc) is 3.88. The van der Waals surface area contributed by atoms with Gasteiger partial charge < -0.3 is 20.3 Å². The van der Waals surface area contributed by atoms with E-state index in [2.05, 4.69) is 63.0 Å². The summed E-state index contributed by atoms with van der Waals surface area (Å²) in [5, 5.41) is 8.46. The number of hydrogen-bond donors (Lipinski definition) is 2. The number of alkyl carbamates (subject to hydrolysis) is 1. The number of nitrogens with one attached hydrogen (secondary N) is 2. The number of aromatic nitrogens is 2. The van der Waals surface area contributed by atoms with Crippen molar-refractivity contribution in [3.63, 3.8) is 0 Å². The molecule has 0 radical (unpaired) electrons. The van der Waals surface area contributed by atoms with Crippen LogP contribution < -0.4 is 10.6 Å². The fourth-order valence-electron chi connectivity index (χ4n) is 6.07. The third kappa shape index (κ3) is 5.33. The lowest BCUT2D eigenvalue weighted by Crippen LogP contribution is -2.49. The molecule has 0 saturated carbocycles. The summed E-state index contributed by atoms with van der Waals surface area (Å²) in [6, 6.07) is 27.1. The molecule has 4 heterocycles. The summed E-state index contributed by atoms with van der Waals surface area (Å²) in [5.41, 5.74) is 6.13. The molecule has 0 spiro atoms. The second kappa shape index (κ2) is 12.0. The van der Waals surface area contributed by atoms with E-state index >= 15 is 0 Å². The maximum absolute atomic E-state index is 13.8. The number of imidazole rings is 1. The highest BCUT2D eigenvalue weighted by atomic mass is 32.1. The Balaban J connectivity index is 1.04. The Morgan fingerprint density at radius 3 is 2.50 bits per heavy atom. The van der Waals surface area contributed by atoms with Crippen molar-refractivity contribution < 1.29 is 14.3 Å². The molecule has 222 valence electrons. The molecule has 1 saturated heterocycles. The number of amides is 2. The maximum atomic E-state index is 13.8. The van der Waals surface area contributed by atoms with E-state index in [0.29, 0.717) is 18.7 Å². The number of likely N-dealkylation sites (tertiary alicyclic amines) is 1. The minimum Gasteiger partial charge on any atom is -0.453 e. The van der Waals surface area contributed by atoms with Crippen molar-refractivity contribution in [3.8, 4) is 22.5 Å². The van der Waals surface area contributed by atoms with Gasteiger partial charge in [0, 0.05) is 23.7 Å². The molecule has 3 aromatic carbocycles. The number of ether oxygens (including phenoxy) is 1. The Kier molecular flexibility index (Phi) is 7.57. The molecule has 3 atom stereocenters. The lowest BCUT2D eigenvalue weighted by molar-refractivity contribution is -0.133. The lowest BCUT2D eigenvalue weighted by atomic mass is 10.0. The predicted molar refractivity (Wildman–Crippen MR) is 172 cm³/mol. The van der Waals surface area contributed by atoms with Gasteiger partial charge in [-0.3, -0.25) is 14.2 Å². The largest absolute Gasteiger partial charge is 0.453 e. The molecule has 7 rings (SSSR count). The summed E-state index contributed by atoms with van der Waals surface area (Å²) in [6.45, 7) is 1.19. The van der Waals surface area contributed by atoms with Crippen LogP contribution in [0.4, 0.5) is 4.79 Å². The highest BCUT2D eigenvalue weighted by Crippen LogP contribution is 2.31. The Morgan fingerprint density at radius 2 is 1.75 bits per heavy atom. The van der Waals surface area contributed by atoms with E-state index in [1.54, 1.807) is 11.3 Å². The Morgan fingerprint density at radius 1 is 1.00 bits per heavy atom. The fraction of sp³-hybridized carbons (Fsp3) is 0.235. The van der Waals surface area contributed by atoms with Crippen LogP contribution in [0.5, 0.6) is 0 Å². The zero-order valence-electron chi connectivity index (χ0n) is 24.2. The molecule has 44 heavy (non-hydrogen) atoms. The number of amidine groups is 1. The molecular formula is C34H32N6O3S. The third-order valence-corrected chi connectivity index (χ3v) is 9.17. The number of carbonyl (C=O) groups is 2. The van der Waals surface area contributed by atoms with E-state index in [-0.39, 0.29) is 18.0 Å². The lowest BCUT2D eigenvalue weighted by Gasteiger charge is -2.30. The van der Waals surface area contributed by atoms with Crippen LogP contribution in [0.25, 0.3) is 27.5 Å². The SMILES string of the molecule is COC(=O)N[C@@H](C(=O)N1CCCC1C1=NCC(c2ccc(-c3cn4c(-c5ccccc5)csc4n3)cc2)N1)c1ccccc1. The summed E-state index contributed by atoms with van der Waals surface area (Å²) in [4.78, 5) is 38.4. The van der Waals surface area contributed by atoms with E-state index in [9.17, 15) is 9.59 Å². The van der Waals surface area contributed by atoms with E-state index in [0.717, 1.165) is 46.2 Å². The molecule has 1 fully saturated rings. The number of thiazole rings is 1. The van der Waals surface area contributed by atoms with Gasteiger partial charge in [-0.2, -0.15) is 0 Å². The maximum Gasteiger partial charge on any atom is 0.407 e. The van der Waals surface area contributed by atoms with Crippen LogP contribution in [-0.4, -0.2) is 58.4 Å². The molecule has 2 N–H and O–H groups in total. The van der Waals surface area contributed by atoms with Crippen molar-refractivity contribution >= 4 is 34.1 Å². The first-order valence-corrected chi connectivity index (χ1v) is 15.6. The Bertz CT molecular complexity index is 1820. The van der Waals surface area contributed by atoms with Gasteiger partial charge in [-0.25, -0.2) is 9.78 Å². The smallest absolute Gasteiger partial charge is 0.407 e. The van der Waals surface area contributed by atoms with Crippen LogP contribution in [-0.2, 0) is 9.53 Å². The second-order valence-corrected chi connectivity index (χ2v) is 11.8. The standard InChI is InChI=1S/C34H32N6O3S/c1-43-34(42)38-30(25-11-6-3-7-12-25)32(41)39-18-8-13-28(39)31-35-19-26(36-31)22-14-16-23(17-15-22)27-20-40-29(21-44-33(40)37-27)24-9-4-2-5-10-24/h2-7,9-12,14-17,20-21,26,28,30H,8,13,18-19H2,1H3,(H,35,36)(H,38,42)/t26?,28?,30-/m1/s1. The van der Waals surface area contributed by atoms with Crippen molar-refractivity contribution in [2.75, 3.05) is 20.2 Å². The minimum atomic E-state index is -0.836. The first kappa shape index (κ1) is 27.8. The molecule has 2 aliphatic heterocycles. The van der Waals surface area contributed by atoms with Crippen molar-refractivity contribution in [2.24, 2.45) is 4.99 Å². The molecule has 2 aliphatic rings. The van der Waals surface area contributed by atoms with Gasteiger partial charge in [0.2, 0.25) is 0 Å². The number of nitrogens with zero attached hydrogens (tertiary/aromatic N) is 4. The van der Waals surface area contributed by atoms with Crippen LogP contribution in [0.1, 0.15) is 36.1 Å². The van der Waals surface area contributed by atoms with Gasteiger partial charge in [0.15, 0.2) is 4.96 Å². The first-order valence-electron chi connectivity index (χ1n) is 14.7. The van der Waals surface area contributed by atoms with Gasteiger partial charge >= 0.3 is 6.09 Å². The fourth-order valence-corrected chi connectivity index (χ4v) is 6.95. The Labute approximate surface area is 259 Å². The zero-order chi connectivity index (χ0) is 30.0. The predicted octanol–water partition coefficient (Wildman–Crippen LogP) is 5.86. The second-order valence-electron chi connectivity index (χ2n) is 11.0. The molecule has 2 unspecified atom stereocenters. The quantitative estimate of drug-likeness (QED) is 0.242. The monoisotopic (exact) mass is 604 g/mol. The highest BCUT2D eigenvalue weighted by molar-refractivity contribution is 7.15. The average molecular weight is 605 g/mol. The van der Waals surface area contributed by atoms with Gasteiger partial charge in [-0.05, 0) is 29.5 Å². The van der Waals surface area contributed by atoms with Crippen molar-refractivity contribution in [3.05, 3.63) is 108 Å². The molecule has 2 aromatic heterocycles. The van der Waals surface area contributed by atoms with E-state index in [4.69, 9.17) is 14.7 Å². The molecule has 5 aromatic rings. The number of aliphatic imine (C=N–C) groups is 1. The summed E-state index contributed by atoms with van der Waals surface area (Å²) in [7, 11) is 1.30. The van der Waals surface area contributed by atoms with Gasteiger partial charge in [0.05, 0.1) is 37.1 Å². The van der Waals surface area contributed by atoms with E-state index in [1.165, 1.54) is 12.7 Å². The van der Waals surface area contributed by atoms with Crippen LogP contribution in [0.15, 0.2) is 101 Å². The van der Waals surface area contributed by atoms with Gasteiger partial charge in [-0.15, -0.1) is 11.3 Å². The van der Waals surface area contributed by atoms with Crippen LogP contribution in [0.3, 0.4) is 0 Å². The molecule has 10 heteroatoms. The summed E-state index contributed by atoms with van der Waals surface area (Å²) >= 11 is 1.64. The molecule has 2 amide bonds. The van der Waals surface area contributed by atoms with Gasteiger partial charge in [-0.1, -0.05) is 84.9 Å². The normalized spacial score (nSPS) is 18.6. The third-order valence-electron chi connectivity index (χ3n) is 8.33. The number of methoxy groups -OCH3 is 1. The topological polar surface area (TPSA) is 100 Å². The number of hydrogen-bond acceptors (Lipinski definition) is 7. The molecule has 0 bridgehead atoms. The van der Waals surface area contributed by atoms with Crippen molar-refractivity contribution in [1.82, 2.24) is 24.9 Å². The van der Waals surface area contributed by atoms with Crippen LogP contribution in [0.2, 0.25) is 0 Å². The van der Waals surface area contributed by atoms with E-state index in [1.807, 2.05) is 53.4 Å². The number of rotatable bonds is 7. The molecule has 0 aliphatic carbocycles. The first-order chi connectivity index (χ1) is 21.6. The van der Waals surface area contributed by atoms with Gasteiger partial charge in [0.1, 0.15) is 11.9 Å². The summed E-state index contributed by atoms with van der Waals surface area (Å²) in [5.74, 6) is 0.648. The number of benzene rings is 3. The van der Waals surface area contributed by atoms with Crippen LogP contribution in [0, 0.1) is 0 Å². The molecular weight excluding hydrogens is 572 g/mol. The van der Waals surface area contributed by atoms with Crippen LogP contribution >= 0.6 is 11.3 Å². The number of carbonyl (C=O) groups excluding carboxylic acids is 2. The highest BCUT2D eigenvalue weighted by Gasteiger charge is 2.39. The summed E-state index contributed by atoms with van der Waals surface area (Å²) in [6.07, 6.45) is 3.13. The molecule has 9 nitrogen and oxygen atoms in total. The zero-order valence-corrected chi connectivity index (χ0v) is 25.0. The minimum absolute atomic E-state index is 0.0184. The van der Waals surface area contributed by atoms with E-state index < -0.39 is 12.1 Å². The van der Waals surface area contributed by atoms with Crippen molar-refractivity contribution in [1.29, 1.82) is 0 Å². The van der Waals surface area contributed by atoms with Crippen molar-refractivity contribution in [2.45, 2.75) is 31.0 Å². The van der Waals surface area contributed by atoms with Gasteiger partial charge in [0.25, 0.3) is 5.91 Å². The summed E-state index contributed by atoms with van der Waals surface area (Å²) < 4.78 is 6.97. The number of fused-ring (bicyclic) bond motifs is 1. The Hall–Kier alpha value is -4.96.